The molecule has 4 rings (SSSR count). The predicted octanol–water partition coefficient (Wildman–Crippen LogP) is 4.18. The molecule has 0 aliphatic carbocycles. The smallest absolute Gasteiger partial charge is 0.231 e. The fourth-order valence-corrected chi connectivity index (χ4v) is 3.27. The topological polar surface area (TPSA) is 97.0 Å². The minimum Gasteiger partial charge on any atom is -0.460 e. The molecule has 0 saturated heterocycles. The first-order valence-electron chi connectivity index (χ1n) is 8.00. The monoisotopic (exact) mass is 368 g/mol. The number of hydrogen-bond acceptors (Lipinski definition) is 6. The van der Waals surface area contributed by atoms with Gasteiger partial charge in [-0.2, -0.15) is 5.10 Å². The molecular weight excluding hydrogens is 352 g/mol. The van der Waals surface area contributed by atoms with Gasteiger partial charge in [0.25, 0.3) is 0 Å². The van der Waals surface area contributed by atoms with Crippen molar-refractivity contribution in [3.63, 3.8) is 0 Å². The van der Waals surface area contributed by atoms with Crippen LogP contribution in [-0.2, 0) is 11.2 Å². The number of anilines is 1. The fraction of sp³-hybridized carbons (Fsp3) is 0.167. The molecule has 0 bridgehead atoms. The Kier molecular flexibility index (Phi) is 4.18. The van der Waals surface area contributed by atoms with Crippen LogP contribution in [0.5, 0.6) is 0 Å². The quantitative estimate of drug-likeness (QED) is 0.551. The number of nitrogens with one attached hydrogen (secondary N) is 2. The number of rotatable bonds is 5. The SMILES string of the molecule is Cc1ccc(-c2cc(NC(=O)Cc3csc(-c4ccc(C)o4)n3)n[nH]2)o1. The van der Waals surface area contributed by atoms with Gasteiger partial charge in [-0.15, -0.1) is 11.3 Å². The molecule has 0 fully saturated rings. The van der Waals surface area contributed by atoms with Crippen molar-refractivity contribution in [2.24, 2.45) is 0 Å². The van der Waals surface area contributed by atoms with Crippen molar-refractivity contribution in [1.29, 1.82) is 0 Å². The molecule has 0 spiro atoms. The van der Waals surface area contributed by atoms with Crippen LogP contribution >= 0.6 is 11.3 Å². The highest BCUT2D eigenvalue weighted by Gasteiger charge is 2.13. The lowest BCUT2D eigenvalue weighted by atomic mass is 10.3. The van der Waals surface area contributed by atoms with Crippen LogP contribution in [-0.4, -0.2) is 21.1 Å². The number of amides is 1. The van der Waals surface area contributed by atoms with Crippen molar-refractivity contribution in [3.8, 4) is 22.2 Å². The molecule has 4 aromatic heterocycles. The Balaban J connectivity index is 1.40. The van der Waals surface area contributed by atoms with Crippen LogP contribution < -0.4 is 5.32 Å². The molecule has 8 heteroatoms. The number of nitrogens with zero attached hydrogens (tertiary/aromatic N) is 2. The van der Waals surface area contributed by atoms with Gasteiger partial charge in [0.2, 0.25) is 5.91 Å². The van der Waals surface area contributed by atoms with Crippen molar-refractivity contribution < 1.29 is 13.6 Å². The summed E-state index contributed by atoms with van der Waals surface area (Å²) in [6, 6.07) is 9.21. The summed E-state index contributed by atoms with van der Waals surface area (Å²) in [6.07, 6.45) is 0.165. The number of thiazole rings is 1. The zero-order chi connectivity index (χ0) is 18.1. The third-order valence-electron chi connectivity index (χ3n) is 3.70. The number of furan rings is 2. The molecule has 0 aromatic carbocycles. The molecule has 0 radical (unpaired) electrons. The summed E-state index contributed by atoms with van der Waals surface area (Å²) in [6.45, 7) is 3.75. The summed E-state index contributed by atoms with van der Waals surface area (Å²) in [4.78, 5) is 16.7. The zero-order valence-electron chi connectivity index (χ0n) is 14.2. The normalized spacial score (nSPS) is 11.0. The molecule has 0 saturated carbocycles. The summed E-state index contributed by atoms with van der Waals surface area (Å²) >= 11 is 1.45. The first-order valence-corrected chi connectivity index (χ1v) is 8.88. The van der Waals surface area contributed by atoms with E-state index in [4.69, 9.17) is 8.83 Å². The van der Waals surface area contributed by atoms with E-state index < -0.39 is 0 Å². The van der Waals surface area contributed by atoms with E-state index >= 15 is 0 Å². The first kappa shape index (κ1) is 16.3. The Hall–Kier alpha value is -3.13. The van der Waals surface area contributed by atoms with Gasteiger partial charge in [0.15, 0.2) is 22.3 Å². The van der Waals surface area contributed by atoms with Gasteiger partial charge in [-0.1, -0.05) is 0 Å². The zero-order valence-corrected chi connectivity index (χ0v) is 15.0. The van der Waals surface area contributed by atoms with E-state index in [9.17, 15) is 4.79 Å². The van der Waals surface area contributed by atoms with Crippen LogP contribution in [0.3, 0.4) is 0 Å². The molecule has 7 nitrogen and oxygen atoms in total. The lowest BCUT2D eigenvalue weighted by molar-refractivity contribution is -0.115. The van der Waals surface area contributed by atoms with Crippen molar-refractivity contribution >= 4 is 23.1 Å². The van der Waals surface area contributed by atoms with Gasteiger partial charge in [0.1, 0.15) is 17.2 Å². The van der Waals surface area contributed by atoms with Crippen LogP contribution in [0.4, 0.5) is 5.82 Å². The average Bonchev–Trinajstić information content (AvgIpc) is 3.35. The number of aromatic amines is 1. The summed E-state index contributed by atoms with van der Waals surface area (Å²) < 4.78 is 11.1. The van der Waals surface area contributed by atoms with Crippen molar-refractivity contribution in [2.45, 2.75) is 20.3 Å². The van der Waals surface area contributed by atoms with Crippen molar-refractivity contribution in [2.75, 3.05) is 5.32 Å². The molecule has 0 unspecified atom stereocenters. The van der Waals surface area contributed by atoms with E-state index in [2.05, 4.69) is 20.5 Å². The number of carbonyl (C=O) groups excluding carboxylic acids is 1. The van der Waals surface area contributed by atoms with E-state index in [0.717, 1.165) is 16.5 Å². The highest BCUT2D eigenvalue weighted by Crippen LogP contribution is 2.26. The Morgan fingerprint density at radius 1 is 1.15 bits per heavy atom. The minimum atomic E-state index is -0.189. The van der Waals surface area contributed by atoms with E-state index in [1.54, 1.807) is 6.07 Å². The van der Waals surface area contributed by atoms with Crippen molar-refractivity contribution in [3.05, 3.63) is 52.9 Å². The number of H-pyrrole nitrogens is 1. The highest BCUT2D eigenvalue weighted by molar-refractivity contribution is 7.13. The number of carbonyl (C=O) groups is 1. The minimum absolute atomic E-state index is 0.165. The third-order valence-corrected chi connectivity index (χ3v) is 4.60. The summed E-state index contributed by atoms with van der Waals surface area (Å²) in [7, 11) is 0. The van der Waals surface area contributed by atoms with E-state index in [0.29, 0.717) is 28.7 Å². The maximum Gasteiger partial charge on any atom is 0.231 e. The Labute approximate surface area is 153 Å². The van der Waals surface area contributed by atoms with E-state index in [-0.39, 0.29) is 12.3 Å². The van der Waals surface area contributed by atoms with Gasteiger partial charge in [0, 0.05) is 11.4 Å². The summed E-state index contributed by atoms with van der Waals surface area (Å²) in [5.41, 5.74) is 1.39. The number of aromatic nitrogens is 3. The standard InChI is InChI=1S/C18H16N4O3S/c1-10-3-5-14(24-10)13-8-16(22-21-13)20-17(23)7-12-9-26-18(19-12)15-6-4-11(2)25-15/h3-6,8-9H,7H2,1-2H3,(H2,20,21,22,23). The molecule has 4 aromatic rings. The van der Waals surface area contributed by atoms with Gasteiger partial charge in [-0.3, -0.25) is 9.89 Å². The molecule has 1 amide bonds. The van der Waals surface area contributed by atoms with Crippen LogP contribution in [0.15, 0.2) is 44.5 Å². The molecule has 26 heavy (non-hydrogen) atoms. The number of hydrogen-bond donors (Lipinski definition) is 2. The van der Waals surface area contributed by atoms with Crippen LogP contribution in [0.25, 0.3) is 22.2 Å². The van der Waals surface area contributed by atoms with Crippen LogP contribution in [0.1, 0.15) is 17.2 Å². The Morgan fingerprint density at radius 2 is 1.88 bits per heavy atom. The van der Waals surface area contributed by atoms with E-state index in [1.165, 1.54) is 11.3 Å². The molecule has 0 aliphatic heterocycles. The predicted molar refractivity (Wildman–Crippen MR) is 97.9 cm³/mol. The lowest BCUT2D eigenvalue weighted by Crippen LogP contribution is -2.14. The second kappa shape index (κ2) is 6.64. The molecule has 2 N–H and O–H groups in total. The summed E-state index contributed by atoms with van der Waals surface area (Å²) in [5.74, 6) is 3.28. The maximum absolute atomic E-state index is 12.2. The van der Waals surface area contributed by atoms with Crippen molar-refractivity contribution in [1.82, 2.24) is 15.2 Å². The third kappa shape index (κ3) is 3.45. The Morgan fingerprint density at radius 3 is 2.58 bits per heavy atom. The van der Waals surface area contributed by atoms with E-state index in [1.807, 2.05) is 43.5 Å². The van der Waals surface area contributed by atoms with Gasteiger partial charge < -0.3 is 14.2 Å². The summed E-state index contributed by atoms with van der Waals surface area (Å²) in [5, 5.41) is 12.3. The first-order chi connectivity index (χ1) is 12.6. The lowest BCUT2D eigenvalue weighted by Gasteiger charge is -1.98. The average molecular weight is 368 g/mol. The molecule has 0 aliphatic rings. The van der Waals surface area contributed by atoms with Crippen LogP contribution in [0.2, 0.25) is 0 Å². The molecule has 132 valence electrons. The largest absolute Gasteiger partial charge is 0.460 e. The fourth-order valence-electron chi connectivity index (χ4n) is 2.49. The van der Waals surface area contributed by atoms with Gasteiger partial charge in [-0.25, -0.2) is 4.98 Å². The van der Waals surface area contributed by atoms with Gasteiger partial charge in [0.05, 0.1) is 12.1 Å². The van der Waals surface area contributed by atoms with Gasteiger partial charge >= 0.3 is 0 Å². The van der Waals surface area contributed by atoms with Gasteiger partial charge in [-0.05, 0) is 38.1 Å². The van der Waals surface area contributed by atoms with Crippen LogP contribution in [0, 0.1) is 13.8 Å². The molecule has 4 heterocycles. The maximum atomic E-state index is 12.2. The second-order valence-electron chi connectivity index (χ2n) is 5.86. The molecular formula is C18H16N4O3S. The molecule has 0 atom stereocenters. The Bertz CT molecular complexity index is 974. The second-order valence-corrected chi connectivity index (χ2v) is 6.71. The number of aryl methyl sites for hydroxylation is 2. The highest BCUT2D eigenvalue weighted by atomic mass is 32.1.